The van der Waals surface area contributed by atoms with Crippen LogP contribution < -0.4 is 10.5 Å². The minimum atomic E-state index is -0.386. The van der Waals surface area contributed by atoms with Gasteiger partial charge < -0.3 is 10.5 Å². The van der Waals surface area contributed by atoms with Gasteiger partial charge in [0.05, 0.1) is 10.0 Å². The molecule has 0 saturated heterocycles. The summed E-state index contributed by atoms with van der Waals surface area (Å²) in [5.41, 5.74) is 7.18. The molecule has 2 aromatic rings. The van der Waals surface area contributed by atoms with Gasteiger partial charge in [-0.25, -0.2) is 4.39 Å². The molecule has 0 aliphatic carbocycles. The number of aryl methyl sites for hydroxylation is 1. The van der Waals surface area contributed by atoms with Crippen LogP contribution in [0.2, 0.25) is 0 Å². The van der Waals surface area contributed by atoms with Crippen LogP contribution in [0.1, 0.15) is 11.1 Å². The molecule has 2 aromatic carbocycles. The van der Waals surface area contributed by atoms with Crippen LogP contribution in [0, 0.1) is 12.7 Å². The molecular weight excluding hydrogens is 329 g/mol. The summed E-state index contributed by atoms with van der Waals surface area (Å²) in [6, 6.07) is 10.1. The Morgan fingerprint density at radius 1 is 1.32 bits per heavy atom. The predicted molar refractivity (Wildman–Crippen MR) is 81.2 cm³/mol. The van der Waals surface area contributed by atoms with E-state index in [0.717, 1.165) is 5.56 Å². The minimum Gasteiger partial charge on any atom is -0.456 e. The Balaban J connectivity index is 2.42. The molecule has 0 radical (unpaired) electrons. The third-order valence-corrected chi connectivity index (χ3v) is 3.45. The Hall–Kier alpha value is -1.46. The summed E-state index contributed by atoms with van der Waals surface area (Å²) in [4.78, 5) is 0.247. The second-order valence-electron chi connectivity index (χ2n) is 3.99. The molecule has 0 bridgehead atoms. The van der Waals surface area contributed by atoms with Crippen LogP contribution in [-0.4, -0.2) is 4.99 Å². The average molecular weight is 340 g/mol. The zero-order valence-corrected chi connectivity index (χ0v) is 12.5. The number of thiocarbonyl (C=S) groups is 1. The standard InChI is InChI=1S/C14H11BrFNOS/c1-8-3-2-4-10(14(17)19)13(8)18-9-5-6-11(15)12(16)7-9/h2-7H,1H3,(H2,17,19). The van der Waals surface area contributed by atoms with Gasteiger partial charge in [-0.2, -0.15) is 0 Å². The minimum absolute atomic E-state index is 0.247. The molecule has 0 fully saturated rings. The molecule has 0 unspecified atom stereocenters. The van der Waals surface area contributed by atoms with Crippen molar-refractivity contribution in [3.05, 3.63) is 57.8 Å². The SMILES string of the molecule is Cc1cccc(C(N)=S)c1Oc1ccc(Br)c(F)c1. The van der Waals surface area contributed by atoms with E-state index in [-0.39, 0.29) is 10.8 Å². The summed E-state index contributed by atoms with van der Waals surface area (Å²) < 4.78 is 19.6. The molecule has 98 valence electrons. The molecule has 0 aliphatic heterocycles. The normalized spacial score (nSPS) is 10.3. The van der Waals surface area contributed by atoms with Gasteiger partial charge in [-0.1, -0.05) is 24.4 Å². The molecule has 2 nitrogen and oxygen atoms in total. The van der Waals surface area contributed by atoms with Crippen molar-refractivity contribution in [2.24, 2.45) is 5.73 Å². The van der Waals surface area contributed by atoms with Gasteiger partial charge in [-0.3, -0.25) is 0 Å². The zero-order chi connectivity index (χ0) is 14.0. The number of hydrogen-bond donors (Lipinski definition) is 1. The van der Waals surface area contributed by atoms with Crippen molar-refractivity contribution in [1.82, 2.24) is 0 Å². The van der Waals surface area contributed by atoms with Crippen LogP contribution in [0.4, 0.5) is 4.39 Å². The molecule has 19 heavy (non-hydrogen) atoms. The summed E-state index contributed by atoms with van der Waals surface area (Å²) in [6.07, 6.45) is 0. The van der Waals surface area contributed by atoms with Crippen LogP contribution in [0.25, 0.3) is 0 Å². The van der Waals surface area contributed by atoms with Gasteiger partial charge in [0.25, 0.3) is 0 Å². The highest BCUT2D eigenvalue weighted by molar-refractivity contribution is 9.10. The van der Waals surface area contributed by atoms with Gasteiger partial charge in [-0.15, -0.1) is 0 Å². The fourth-order valence-corrected chi connectivity index (χ4v) is 2.05. The molecule has 0 spiro atoms. The summed E-state index contributed by atoms with van der Waals surface area (Å²) in [5, 5.41) is 0. The smallest absolute Gasteiger partial charge is 0.141 e. The van der Waals surface area contributed by atoms with Gasteiger partial charge in [0.1, 0.15) is 22.3 Å². The lowest BCUT2D eigenvalue weighted by Crippen LogP contribution is -2.11. The highest BCUT2D eigenvalue weighted by Crippen LogP contribution is 2.30. The van der Waals surface area contributed by atoms with Gasteiger partial charge in [0, 0.05) is 6.07 Å². The second kappa shape index (κ2) is 5.67. The second-order valence-corrected chi connectivity index (χ2v) is 5.29. The summed E-state index contributed by atoms with van der Waals surface area (Å²) in [7, 11) is 0. The molecule has 5 heteroatoms. The van der Waals surface area contributed by atoms with E-state index in [2.05, 4.69) is 15.9 Å². The van der Waals surface area contributed by atoms with Crippen molar-refractivity contribution in [1.29, 1.82) is 0 Å². The van der Waals surface area contributed by atoms with Crippen LogP contribution in [0.15, 0.2) is 40.9 Å². The fourth-order valence-electron chi connectivity index (χ4n) is 1.64. The van der Waals surface area contributed by atoms with E-state index in [4.69, 9.17) is 22.7 Å². The van der Waals surface area contributed by atoms with Crippen molar-refractivity contribution in [2.45, 2.75) is 6.92 Å². The monoisotopic (exact) mass is 339 g/mol. The Bertz CT molecular complexity index is 645. The lowest BCUT2D eigenvalue weighted by Gasteiger charge is -2.13. The maximum atomic E-state index is 13.5. The molecule has 0 atom stereocenters. The van der Waals surface area contributed by atoms with Crippen LogP contribution in [0.3, 0.4) is 0 Å². The number of benzene rings is 2. The Morgan fingerprint density at radius 2 is 2.05 bits per heavy atom. The largest absolute Gasteiger partial charge is 0.456 e. The van der Waals surface area contributed by atoms with E-state index in [9.17, 15) is 4.39 Å². The number of rotatable bonds is 3. The lowest BCUT2D eigenvalue weighted by atomic mass is 10.1. The summed E-state index contributed by atoms with van der Waals surface area (Å²) >= 11 is 8.08. The first kappa shape index (κ1) is 14.0. The molecule has 0 heterocycles. The molecule has 0 aliphatic rings. The quantitative estimate of drug-likeness (QED) is 0.845. The molecule has 0 saturated carbocycles. The topological polar surface area (TPSA) is 35.2 Å². The third kappa shape index (κ3) is 3.11. The number of para-hydroxylation sites is 1. The Morgan fingerprint density at radius 3 is 2.68 bits per heavy atom. The van der Waals surface area contributed by atoms with Gasteiger partial charge in [-0.05, 0) is 46.6 Å². The Labute approximate surface area is 124 Å². The molecular formula is C14H11BrFNOS. The van der Waals surface area contributed by atoms with Crippen molar-refractivity contribution < 1.29 is 9.13 Å². The zero-order valence-electron chi connectivity index (χ0n) is 10.1. The number of nitrogens with two attached hydrogens (primary N) is 1. The van der Waals surface area contributed by atoms with Crippen molar-refractivity contribution in [2.75, 3.05) is 0 Å². The summed E-state index contributed by atoms with van der Waals surface area (Å²) in [5.74, 6) is 0.562. The first-order chi connectivity index (χ1) is 8.99. The first-order valence-corrected chi connectivity index (χ1v) is 6.71. The number of ether oxygens (including phenoxy) is 1. The van der Waals surface area contributed by atoms with E-state index >= 15 is 0 Å². The Kier molecular flexibility index (Phi) is 4.17. The summed E-state index contributed by atoms with van der Waals surface area (Å²) in [6.45, 7) is 1.88. The van der Waals surface area contributed by atoms with Crippen LogP contribution >= 0.6 is 28.1 Å². The van der Waals surface area contributed by atoms with Crippen molar-refractivity contribution in [3.8, 4) is 11.5 Å². The lowest BCUT2D eigenvalue weighted by molar-refractivity contribution is 0.472. The molecule has 0 aromatic heterocycles. The van der Waals surface area contributed by atoms with Gasteiger partial charge in [0.2, 0.25) is 0 Å². The maximum Gasteiger partial charge on any atom is 0.141 e. The van der Waals surface area contributed by atoms with E-state index < -0.39 is 0 Å². The number of halogens is 2. The maximum absolute atomic E-state index is 13.5. The first-order valence-electron chi connectivity index (χ1n) is 5.51. The fraction of sp³-hybridized carbons (Fsp3) is 0.0714. The van der Waals surface area contributed by atoms with Crippen LogP contribution in [0.5, 0.6) is 11.5 Å². The van der Waals surface area contributed by atoms with E-state index in [1.54, 1.807) is 18.2 Å². The molecule has 2 N–H and O–H groups in total. The third-order valence-electron chi connectivity index (χ3n) is 2.59. The molecule has 0 amide bonds. The predicted octanol–water partition coefficient (Wildman–Crippen LogP) is 4.32. The van der Waals surface area contributed by atoms with Crippen LogP contribution in [-0.2, 0) is 0 Å². The number of hydrogen-bond acceptors (Lipinski definition) is 2. The van der Waals surface area contributed by atoms with Gasteiger partial charge in [0.15, 0.2) is 0 Å². The highest BCUT2D eigenvalue weighted by Gasteiger charge is 2.11. The highest BCUT2D eigenvalue weighted by atomic mass is 79.9. The average Bonchev–Trinajstić information content (AvgIpc) is 2.36. The molecule has 2 rings (SSSR count). The van der Waals surface area contributed by atoms with Crippen molar-refractivity contribution in [3.63, 3.8) is 0 Å². The van der Waals surface area contributed by atoms with E-state index in [1.165, 1.54) is 6.07 Å². The van der Waals surface area contributed by atoms with Crippen molar-refractivity contribution >= 4 is 33.1 Å². The van der Waals surface area contributed by atoms with E-state index in [0.29, 0.717) is 21.5 Å². The van der Waals surface area contributed by atoms with Gasteiger partial charge >= 0.3 is 0 Å². The van der Waals surface area contributed by atoms with E-state index in [1.807, 2.05) is 19.1 Å².